The van der Waals surface area contributed by atoms with E-state index >= 15 is 0 Å². The maximum atomic E-state index is 11.5. The minimum absolute atomic E-state index is 0.341. The van der Waals surface area contributed by atoms with E-state index in [1.165, 1.54) is 0 Å². The number of aliphatic hydroxyl groups is 1. The van der Waals surface area contributed by atoms with E-state index in [0.29, 0.717) is 0 Å². The minimum atomic E-state index is -3.58. The molecule has 0 fully saturated rings. The molecule has 0 bridgehead atoms. The largest absolute Gasteiger partial charge is 0.376 e. The predicted molar refractivity (Wildman–Crippen MR) is 46.0 cm³/mol. The molecular weight excluding hydrogens is 197 g/mol. The van der Waals surface area contributed by atoms with Crippen molar-refractivity contribution < 1.29 is 23.5 Å². The zero-order chi connectivity index (χ0) is 10.5. The lowest BCUT2D eigenvalue weighted by Crippen LogP contribution is -2.25. The Morgan fingerprint density at radius 1 is 1.54 bits per heavy atom. The van der Waals surface area contributed by atoms with Crippen LogP contribution >= 0.6 is 7.60 Å². The topological polar surface area (TPSA) is 84.9 Å². The zero-order valence-electron chi connectivity index (χ0n) is 7.44. The molecule has 1 amide bonds. The number of amides is 1. The number of hydrogen-bond donors (Lipinski definition) is 2. The van der Waals surface area contributed by atoms with Crippen LogP contribution in [0.4, 0.5) is 0 Å². The first-order chi connectivity index (χ1) is 6.01. The van der Waals surface area contributed by atoms with Gasteiger partial charge in [0.05, 0.1) is 0 Å². The van der Waals surface area contributed by atoms with E-state index in [4.69, 9.17) is 5.11 Å². The van der Waals surface area contributed by atoms with Crippen molar-refractivity contribution in [3.05, 3.63) is 11.9 Å². The molecule has 0 aromatic rings. The van der Waals surface area contributed by atoms with Gasteiger partial charge in [0.2, 0.25) is 0 Å². The molecule has 2 N–H and O–H groups in total. The van der Waals surface area contributed by atoms with E-state index in [-0.39, 0.29) is 5.31 Å². The Kier molecular flexibility index (Phi) is 4.87. The van der Waals surface area contributed by atoms with Crippen molar-refractivity contribution >= 4 is 13.5 Å². The van der Waals surface area contributed by atoms with Gasteiger partial charge < -0.3 is 19.5 Å². The van der Waals surface area contributed by atoms with Crippen LogP contribution in [0.15, 0.2) is 11.9 Å². The average Bonchev–Trinajstić information content (AvgIpc) is 2.16. The van der Waals surface area contributed by atoms with E-state index < -0.39 is 20.2 Å². The Labute approximate surface area is 76.1 Å². The highest BCUT2D eigenvalue weighted by molar-refractivity contribution is 7.59. The molecule has 76 valence electrons. The maximum absolute atomic E-state index is 11.5. The van der Waals surface area contributed by atoms with Gasteiger partial charge in [-0.3, -0.25) is 9.36 Å². The smallest absolute Gasteiger partial charge is 0.365 e. The first kappa shape index (κ1) is 12.3. The molecule has 0 saturated heterocycles. The second kappa shape index (κ2) is 5.14. The van der Waals surface area contributed by atoms with Crippen molar-refractivity contribution in [3.63, 3.8) is 0 Å². The van der Waals surface area contributed by atoms with E-state index in [2.05, 4.69) is 15.6 Å². The standard InChI is InChI=1S/C6H12NO5P/c1-5(6(9)7-4-8)13(10,11-2)12-3/h8H,1,4H2,2-3H3,(H,7,9). The summed E-state index contributed by atoms with van der Waals surface area (Å²) in [6.45, 7) is 2.69. The van der Waals surface area contributed by atoms with Gasteiger partial charge in [-0.2, -0.15) is 0 Å². The minimum Gasteiger partial charge on any atom is -0.376 e. The van der Waals surface area contributed by atoms with E-state index in [1.807, 2.05) is 5.32 Å². The lowest BCUT2D eigenvalue weighted by Gasteiger charge is -2.14. The van der Waals surface area contributed by atoms with Crippen molar-refractivity contribution in [1.29, 1.82) is 0 Å². The van der Waals surface area contributed by atoms with Crippen molar-refractivity contribution in [2.75, 3.05) is 21.0 Å². The fourth-order valence-electron chi connectivity index (χ4n) is 0.593. The number of hydrogen-bond acceptors (Lipinski definition) is 5. The van der Waals surface area contributed by atoms with Crippen molar-refractivity contribution in [2.45, 2.75) is 0 Å². The first-order valence-electron chi connectivity index (χ1n) is 3.32. The van der Waals surface area contributed by atoms with Crippen LogP contribution in [-0.4, -0.2) is 32.0 Å². The van der Waals surface area contributed by atoms with Gasteiger partial charge in [-0.05, 0) is 0 Å². The molecule has 6 nitrogen and oxygen atoms in total. The normalized spacial score (nSPS) is 11.0. The number of carbonyl (C=O) groups is 1. The monoisotopic (exact) mass is 209 g/mol. The highest BCUT2D eigenvalue weighted by Crippen LogP contribution is 2.53. The number of aliphatic hydroxyl groups excluding tert-OH is 1. The molecule has 0 aromatic carbocycles. The van der Waals surface area contributed by atoms with Crippen molar-refractivity contribution in [1.82, 2.24) is 5.32 Å². The van der Waals surface area contributed by atoms with E-state index in [1.54, 1.807) is 0 Å². The van der Waals surface area contributed by atoms with Gasteiger partial charge in [-0.15, -0.1) is 0 Å². The van der Waals surface area contributed by atoms with Crippen LogP contribution in [0.5, 0.6) is 0 Å². The fourth-order valence-corrected chi connectivity index (χ4v) is 1.51. The van der Waals surface area contributed by atoms with Crippen LogP contribution in [0, 0.1) is 0 Å². The molecule has 0 aliphatic heterocycles. The van der Waals surface area contributed by atoms with Gasteiger partial charge in [0.1, 0.15) is 12.0 Å². The molecule has 0 rings (SSSR count). The molecular formula is C6H12NO5P. The second-order valence-corrected chi connectivity index (χ2v) is 4.24. The Bertz CT molecular complexity index is 243. The van der Waals surface area contributed by atoms with Crippen LogP contribution in [0.2, 0.25) is 0 Å². The SMILES string of the molecule is C=C(C(=O)NCO)P(=O)(OC)OC. The lowest BCUT2D eigenvalue weighted by atomic mass is 10.6. The highest BCUT2D eigenvalue weighted by atomic mass is 31.2. The van der Waals surface area contributed by atoms with Crippen LogP contribution in [-0.2, 0) is 18.4 Å². The predicted octanol–water partition coefficient (Wildman–Crippen LogP) is 0.0520. The molecule has 0 aliphatic carbocycles. The number of nitrogens with one attached hydrogen (secondary N) is 1. The van der Waals surface area contributed by atoms with E-state index in [0.717, 1.165) is 14.2 Å². The first-order valence-corrected chi connectivity index (χ1v) is 4.86. The molecule has 7 heteroatoms. The quantitative estimate of drug-likeness (QED) is 0.379. The summed E-state index contributed by atoms with van der Waals surface area (Å²) in [6, 6.07) is 0. The molecule has 0 aromatic heterocycles. The van der Waals surface area contributed by atoms with Gasteiger partial charge in [-0.1, -0.05) is 6.58 Å². The zero-order valence-corrected chi connectivity index (χ0v) is 8.34. The van der Waals surface area contributed by atoms with Crippen LogP contribution in [0.3, 0.4) is 0 Å². The van der Waals surface area contributed by atoms with Crippen LogP contribution in [0.1, 0.15) is 0 Å². The van der Waals surface area contributed by atoms with E-state index in [9.17, 15) is 9.36 Å². The summed E-state index contributed by atoms with van der Waals surface area (Å²) in [5.74, 6) is -0.769. The molecule has 0 heterocycles. The summed E-state index contributed by atoms with van der Waals surface area (Å²) in [5, 5.41) is 10.0. The number of carbonyl (C=O) groups excluding carboxylic acids is 1. The molecule has 0 aliphatic rings. The molecule has 0 saturated carbocycles. The second-order valence-electron chi connectivity index (χ2n) is 1.97. The lowest BCUT2D eigenvalue weighted by molar-refractivity contribution is -0.118. The maximum Gasteiger partial charge on any atom is 0.365 e. The van der Waals surface area contributed by atoms with Crippen molar-refractivity contribution in [2.24, 2.45) is 0 Å². The molecule has 0 spiro atoms. The average molecular weight is 209 g/mol. The third kappa shape index (κ3) is 2.93. The molecule has 0 unspecified atom stereocenters. The Morgan fingerprint density at radius 2 is 2.00 bits per heavy atom. The van der Waals surface area contributed by atoms with Gasteiger partial charge in [0, 0.05) is 14.2 Å². The summed E-state index contributed by atoms with van der Waals surface area (Å²) in [4.78, 5) is 11.0. The number of rotatable bonds is 5. The summed E-state index contributed by atoms with van der Waals surface area (Å²) in [7, 11) is -1.29. The van der Waals surface area contributed by atoms with Gasteiger partial charge in [0.25, 0.3) is 5.91 Å². The third-order valence-corrected chi connectivity index (χ3v) is 3.14. The Balaban J connectivity index is 4.57. The summed E-state index contributed by atoms with van der Waals surface area (Å²) >= 11 is 0. The molecule has 0 radical (unpaired) electrons. The van der Waals surface area contributed by atoms with Gasteiger partial charge in [0.15, 0.2) is 0 Å². The van der Waals surface area contributed by atoms with Gasteiger partial charge in [-0.25, -0.2) is 0 Å². The Morgan fingerprint density at radius 3 is 2.31 bits per heavy atom. The van der Waals surface area contributed by atoms with Crippen LogP contribution in [0.25, 0.3) is 0 Å². The summed E-state index contributed by atoms with van der Waals surface area (Å²) < 4.78 is 20.5. The Hall–Kier alpha value is -0.680. The fraction of sp³-hybridized carbons (Fsp3) is 0.500. The van der Waals surface area contributed by atoms with Crippen LogP contribution < -0.4 is 5.32 Å². The summed E-state index contributed by atoms with van der Waals surface area (Å²) in [6.07, 6.45) is 0. The van der Waals surface area contributed by atoms with Gasteiger partial charge >= 0.3 is 7.60 Å². The highest BCUT2D eigenvalue weighted by Gasteiger charge is 2.30. The molecule has 13 heavy (non-hydrogen) atoms. The summed E-state index contributed by atoms with van der Waals surface area (Å²) in [5.41, 5.74) is 0. The third-order valence-electron chi connectivity index (χ3n) is 1.31. The van der Waals surface area contributed by atoms with Crippen molar-refractivity contribution in [3.8, 4) is 0 Å². The molecule has 0 atom stereocenters.